The van der Waals surface area contributed by atoms with E-state index in [9.17, 15) is 9.59 Å². The second kappa shape index (κ2) is 4.66. The van der Waals surface area contributed by atoms with E-state index in [4.69, 9.17) is 27.9 Å². The molecule has 1 aliphatic heterocycles. The Hall–Kier alpha value is -1.07. The van der Waals surface area contributed by atoms with Crippen LogP contribution in [0.15, 0.2) is 4.79 Å². The molecule has 0 bridgehead atoms. The number of ether oxygens (including phenoxy) is 1. The first kappa shape index (κ1) is 12.4. The molecule has 7 heteroatoms. The Labute approximate surface area is 107 Å². The van der Waals surface area contributed by atoms with Gasteiger partial charge in [-0.1, -0.05) is 23.2 Å². The minimum Gasteiger partial charge on any atom is -0.464 e. The standard InChI is InChI=1S/C10H10Cl2N2O3/c1-2-17-10(16)6-4-3-5-7(11)13-8(12)9(15)14(5)6/h6H,2-4H2,1H3. The lowest BCUT2D eigenvalue weighted by molar-refractivity contribution is -0.147. The predicted molar refractivity (Wildman–Crippen MR) is 62.5 cm³/mol. The molecule has 0 N–H and O–H groups in total. The highest BCUT2D eigenvalue weighted by atomic mass is 35.5. The minimum atomic E-state index is -0.643. The number of halogens is 2. The van der Waals surface area contributed by atoms with Crippen LogP contribution in [0.3, 0.4) is 0 Å². The summed E-state index contributed by atoms with van der Waals surface area (Å²) in [6, 6.07) is -0.643. The van der Waals surface area contributed by atoms with Gasteiger partial charge in [-0.05, 0) is 19.8 Å². The number of carbonyl (C=O) groups is 1. The summed E-state index contributed by atoms with van der Waals surface area (Å²) >= 11 is 11.6. The molecule has 1 aliphatic rings. The van der Waals surface area contributed by atoms with Crippen LogP contribution in [0.5, 0.6) is 0 Å². The fourth-order valence-corrected chi connectivity index (χ4v) is 2.43. The number of hydrogen-bond donors (Lipinski definition) is 0. The second-order valence-electron chi connectivity index (χ2n) is 3.62. The van der Waals surface area contributed by atoms with Gasteiger partial charge in [0.05, 0.1) is 12.3 Å². The van der Waals surface area contributed by atoms with E-state index < -0.39 is 17.6 Å². The average Bonchev–Trinajstić information content (AvgIpc) is 2.71. The number of aromatic nitrogens is 2. The van der Waals surface area contributed by atoms with Crippen molar-refractivity contribution in [1.82, 2.24) is 9.55 Å². The molecular formula is C10H10Cl2N2O3. The molecule has 0 saturated heterocycles. The van der Waals surface area contributed by atoms with Crippen LogP contribution in [0.2, 0.25) is 10.3 Å². The molecule has 2 rings (SSSR count). The molecule has 1 aromatic heterocycles. The molecule has 0 aromatic carbocycles. The maximum Gasteiger partial charge on any atom is 0.329 e. The number of esters is 1. The zero-order valence-electron chi connectivity index (χ0n) is 9.07. The van der Waals surface area contributed by atoms with Crippen LogP contribution in [-0.2, 0) is 16.0 Å². The summed E-state index contributed by atoms with van der Waals surface area (Å²) in [4.78, 5) is 27.3. The van der Waals surface area contributed by atoms with Crippen LogP contribution in [0, 0.1) is 0 Å². The maximum atomic E-state index is 11.8. The van der Waals surface area contributed by atoms with Crippen molar-refractivity contribution in [2.45, 2.75) is 25.8 Å². The Morgan fingerprint density at radius 1 is 1.53 bits per heavy atom. The average molecular weight is 277 g/mol. The summed E-state index contributed by atoms with van der Waals surface area (Å²) in [5.41, 5.74) is 0.0424. The quantitative estimate of drug-likeness (QED) is 0.770. The van der Waals surface area contributed by atoms with Crippen molar-refractivity contribution >= 4 is 29.2 Å². The highest BCUT2D eigenvalue weighted by Crippen LogP contribution is 2.29. The van der Waals surface area contributed by atoms with Gasteiger partial charge in [-0.15, -0.1) is 0 Å². The largest absolute Gasteiger partial charge is 0.464 e. The molecule has 0 aliphatic carbocycles. The Bertz CT molecular complexity index is 527. The number of fused-ring (bicyclic) bond motifs is 1. The smallest absolute Gasteiger partial charge is 0.329 e. The van der Waals surface area contributed by atoms with Crippen LogP contribution < -0.4 is 5.56 Å². The van der Waals surface area contributed by atoms with Gasteiger partial charge in [0, 0.05) is 0 Å². The van der Waals surface area contributed by atoms with Gasteiger partial charge in [-0.3, -0.25) is 9.36 Å². The van der Waals surface area contributed by atoms with Crippen molar-refractivity contribution in [3.8, 4) is 0 Å². The van der Waals surface area contributed by atoms with E-state index in [1.54, 1.807) is 6.92 Å². The van der Waals surface area contributed by atoms with Crippen LogP contribution in [0.25, 0.3) is 0 Å². The fourth-order valence-electron chi connectivity index (χ4n) is 1.94. The third-order valence-electron chi connectivity index (χ3n) is 2.65. The Kier molecular flexibility index (Phi) is 3.40. The third kappa shape index (κ3) is 2.05. The first-order valence-electron chi connectivity index (χ1n) is 5.19. The zero-order chi connectivity index (χ0) is 12.6. The number of carbonyl (C=O) groups excluding carboxylic acids is 1. The summed E-state index contributed by atoms with van der Waals surface area (Å²) in [6.45, 7) is 1.98. The van der Waals surface area contributed by atoms with E-state index in [0.717, 1.165) is 0 Å². The predicted octanol–water partition coefficient (Wildman–Crippen LogP) is 1.60. The van der Waals surface area contributed by atoms with Crippen molar-refractivity contribution in [2.75, 3.05) is 6.61 Å². The summed E-state index contributed by atoms with van der Waals surface area (Å²) < 4.78 is 6.20. The molecule has 2 heterocycles. The lowest BCUT2D eigenvalue weighted by Gasteiger charge is -2.13. The van der Waals surface area contributed by atoms with Crippen LogP contribution in [0.1, 0.15) is 25.1 Å². The van der Waals surface area contributed by atoms with Crippen molar-refractivity contribution < 1.29 is 9.53 Å². The van der Waals surface area contributed by atoms with Crippen molar-refractivity contribution in [3.05, 3.63) is 26.4 Å². The topological polar surface area (TPSA) is 61.2 Å². The lowest BCUT2D eigenvalue weighted by Crippen LogP contribution is -2.30. The number of rotatable bonds is 2. The van der Waals surface area contributed by atoms with E-state index in [1.165, 1.54) is 4.57 Å². The van der Waals surface area contributed by atoms with E-state index in [-0.39, 0.29) is 16.9 Å². The van der Waals surface area contributed by atoms with Crippen LogP contribution in [0.4, 0.5) is 0 Å². The molecule has 5 nitrogen and oxygen atoms in total. The Morgan fingerprint density at radius 3 is 2.88 bits per heavy atom. The van der Waals surface area contributed by atoms with Crippen LogP contribution in [-0.4, -0.2) is 22.1 Å². The molecule has 0 spiro atoms. The molecule has 0 fully saturated rings. The highest BCUT2D eigenvalue weighted by Gasteiger charge is 2.33. The SMILES string of the molecule is CCOC(=O)C1CCc2c(Cl)nc(Cl)c(=O)n21. The van der Waals surface area contributed by atoms with E-state index in [0.29, 0.717) is 18.5 Å². The molecule has 1 atom stereocenters. The van der Waals surface area contributed by atoms with Gasteiger partial charge >= 0.3 is 5.97 Å². The number of hydrogen-bond acceptors (Lipinski definition) is 4. The van der Waals surface area contributed by atoms with Gasteiger partial charge < -0.3 is 4.74 Å². The second-order valence-corrected chi connectivity index (χ2v) is 4.34. The van der Waals surface area contributed by atoms with Gasteiger partial charge in [0.15, 0.2) is 10.3 Å². The van der Waals surface area contributed by atoms with Gasteiger partial charge in [-0.2, -0.15) is 0 Å². The Balaban J connectivity index is 2.50. The van der Waals surface area contributed by atoms with E-state index in [1.807, 2.05) is 0 Å². The summed E-state index contributed by atoms with van der Waals surface area (Å²) in [6.07, 6.45) is 0.998. The molecule has 1 aromatic rings. The summed E-state index contributed by atoms with van der Waals surface area (Å²) in [5.74, 6) is -0.438. The first-order valence-corrected chi connectivity index (χ1v) is 5.95. The third-order valence-corrected chi connectivity index (χ3v) is 3.19. The molecule has 0 amide bonds. The normalized spacial score (nSPS) is 17.9. The summed E-state index contributed by atoms with van der Waals surface area (Å²) in [7, 11) is 0. The molecular weight excluding hydrogens is 267 g/mol. The highest BCUT2D eigenvalue weighted by molar-refractivity contribution is 6.32. The van der Waals surface area contributed by atoms with Gasteiger partial charge in [0.2, 0.25) is 0 Å². The van der Waals surface area contributed by atoms with E-state index >= 15 is 0 Å². The van der Waals surface area contributed by atoms with Crippen LogP contribution >= 0.6 is 23.2 Å². The molecule has 0 radical (unpaired) electrons. The fraction of sp³-hybridized carbons (Fsp3) is 0.500. The first-order chi connectivity index (χ1) is 8.06. The van der Waals surface area contributed by atoms with Gasteiger partial charge in [0.1, 0.15) is 6.04 Å². The lowest BCUT2D eigenvalue weighted by atomic mass is 10.2. The molecule has 0 saturated carbocycles. The van der Waals surface area contributed by atoms with Gasteiger partial charge in [0.25, 0.3) is 5.56 Å². The van der Waals surface area contributed by atoms with Crippen molar-refractivity contribution in [1.29, 1.82) is 0 Å². The monoisotopic (exact) mass is 276 g/mol. The molecule has 1 unspecified atom stereocenters. The maximum absolute atomic E-state index is 11.8. The molecule has 17 heavy (non-hydrogen) atoms. The minimum absolute atomic E-state index is 0.168. The molecule has 92 valence electrons. The zero-order valence-corrected chi connectivity index (χ0v) is 10.6. The summed E-state index contributed by atoms with van der Waals surface area (Å²) in [5, 5.41) is -0.0589. The van der Waals surface area contributed by atoms with Gasteiger partial charge in [-0.25, -0.2) is 9.78 Å². The Morgan fingerprint density at radius 2 is 2.24 bits per heavy atom. The van der Waals surface area contributed by atoms with E-state index in [2.05, 4.69) is 4.98 Å². The number of nitrogens with zero attached hydrogens (tertiary/aromatic N) is 2. The van der Waals surface area contributed by atoms with Crippen molar-refractivity contribution in [3.63, 3.8) is 0 Å². The van der Waals surface area contributed by atoms with Crippen molar-refractivity contribution in [2.24, 2.45) is 0 Å².